The average Bonchev–Trinajstić information content (AvgIpc) is 2.95. The fourth-order valence-electron chi connectivity index (χ4n) is 2.62. The van der Waals surface area contributed by atoms with E-state index in [2.05, 4.69) is 10.6 Å². The second kappa shape index (κ2) is 6.52. The van der Waals surface area contributed by atoms with Gasteiger partial charge in [-0.05, 0) is 25.0 Å². The molecule has 0 bridgehead atoms. The van der Waals surface area contributed by atoms with Crippen LogP contribution in [-0.2, 0) is 4.79 Å². The predicted molar refractivity (Wildman–Crippen MR) is 77.2 cm³/mol. The molecular weight excluding hydrogens is 254 g/mol. The Morgan fingerprint density at radius 1 is 1.15 bits per heavy atom. The van der Waals surface area contributed by atoms with Gasteiger partial charge in [-0.1, -0.05) is 31.0 Å². The SMILES string of the molecule is NCC1(NC(=O)CNC(=O)c2ccccc2)CCCC1. The van der Waals surface area contributed by atoms with E-state index in [1.54, 1.807) is 24.3 Å². The van der Waals surface area contributed by atoms with Crippen LogP contribution in [-0.4, -0.2) is 30.4 Å². The van der Waals surface area contributed by atoms with Crippen LogP contribution in [0.1, 0.15) is 36.0 Å². The predicted octanol–water partition coefficient (Wildman–Crippen LogP) is 0.804. The smallest absolute Gasteiger partial charge is 0.251 e. The summed E-state index contributed by atoms with van der Waals surface area (Å²) < 4.78 is 0. The highest BCUT2D eigenvalue weighted by Crippen LogP contribution is 2.28. The van der Waals surface area contributed by atoms with Gasteiger partial charge in [-0.3, -0.25) is 9.59 Å². The minimum Gasteiger partial charge on any atom is -0.348 e. The molecule has 1 fully saturated rings. The van der Waals surface area contributed by atoms with Crippen LogP contribution < -0.4 is 16.4 Å². The van der Waals surface area contributed by atoms with Crippen LogP contribution in [0.5, 0.6) is 0 Å². The number of hydrogen-bond acceptors (Lipinski definition) is 3. The summed E-state index contributed by atoms with van der Waals surface area (Å²) in [5, 5.41) is 5.59. The van der Waals surface area contributed by atoms with Gasteiger partial charge in [-0.2, -0.15) is 0 Å². The van der Waals surface area contributed by atoms with E-state index in [4.69, 9.17) is 5.73 Å². The molecule has 0 unspecified atom stereocenters. The van der Waals surface area contributed by atoms with E-state index in [1.165, 1.54) is 0 Å². The standard InChI is InChI=1S/C15H21N3O2/c16-11-15(8-4-5-9-15)18-13(19)10-17-14(20)12-6-2-1-3-7-12/h1-3,6-7H,4-5,8-11,16H2,(H,17,20)(H,18,19). The van der Waals surface area contributed by atoms with Crippen LogP contribution in [0.25, 0.3) is 0 Å². The molecule has 0 radical (unpaired) electrons. The number of carbonyl (C=O) groups is 2. The number of rotatable bonds is 5. The second-order valence-corrected chi connectivity index (χ2v) is 5.29. The molecule has 0 saturated heterocycles. The first kappa shape index (κ1) is 14.5. The summed E-state index contributed by atoms with van der Waals surface area (Å²) in [5.74, 6) is -0.421. The third-order valence-electron chi connectivity index (χ3n) is 3.80. The summed E-state index contributed by atoms with van der Waals surface area (Å²) in [5.41, 5.74) is 6.04. The number of amides is 2. The molecule has 4 N–H and O–H groups in total. The molecule has 0 aliphatic heterocycles. The van der Waals surface area contributed by atoms with E-state index in [0.717, 1.165) is 25.7 Å². The Labute approximate surface area is 118 Å². The van der Waals surface area contributed by atoms with Gasteiger partial charge >= 0.3 is 0 Å². The first-order valence-corrected chi connectivity index (χ1v) is 6.99. The van der Waals surface area contributed by atoms with Crippen molar-refractivity contribution in [2.24, 2.45) is 5.73 Å². The van der Waals surface area contributed by atoms with Crippen LogP contribution >= 0.6 is 0 Å². The maximum atomic E-state index is 11.9. The van der Waals surface area contributed by atoms with Crippen molar-refractivity contribution in [1.82, 2.24) is 10.6 Å². The van der Waals surface area contributed by atoms with Gasteiger partial charge in [0.1, 0.15) is 0 Å². The lowest BCUT2D eigenvalue weighted by Crippen LogP contribution is -2.54. The molecule has 0 aromatic heterocycles. The highest BCUT2D eigenvalue weighted by Gasteiger charge is 2.33. The molecule has 1 aliphatic rings. The van der Waals surface area contributed by atoms with Crippen molar-refractivity contribution in [2.45, 2.75) is 31.2 Å². The zero-order valence-electron chi connectivity index (χ0n) is 11.5. The van der Waals surface area contributed by atoms with Crippen molar-refractivity contribution >= 4 is 11.8 Å². The summed E-state index contributed by atoms with van der Waals surface area (Å²) in [6, 6.07) is 8.85. The zero-order chi connectivity index (χ0) is 14.4. The summed E-state index contributed by atoms with van der Waals surface area (Å²) >= 11 is 0. The quantitative estimate of drug-likeness (QED) is 0.743. The van der Waals surface area contributed by atoms with Gasteiger partial charge in [0.05, 0.1) is 12.1 Å². The molecule has 1 aliphatic carbocycles. The molecule has 1 aromatic rings. The third kappa shape index (κ3) is 3.57. The van der Waals surface area contributed by atoms with Crippen molar-refractivity contribution in [1.29, 1.82) is 0 Å². The van der Waals surface area contributed by atoms with Crippen LogP contribution in [0.3, 0.4) is 0 Å². The van der Waals surface area contributed by atoms with Crippen molar-refractivity contribution in [3.8, 4) is 0 Å². The van der Waals surface area contributed by atoms with Crippen LogP contribution in [0, 0.1) is 0 Å². The molecule has 1 saturated carbocycles. The average molecular weight is 275 g/mol. The van der Waals surface area contributed by atoms with Crippen LogP contribution in [0.4, 0.5) is 0 Å². The van der Waals surface area contributed by atoms with Gasteiger partial charge in [-0.15, -0.1) is 0 Å². The fourth-order valence-corrected chi connectivity index (χ4v) is 2.62. The molecule has 108 valence electrons. The molecule has 0 heterocycles. The number of hydrogen-bond donors (Lipinski definition) is 3. The van der Waals surface area contributed by atoms with E-state index in [0.29, 0.717) is 12.1 Å². The Morgan fingerprint density at radius 3 is 2.40 bits per heavy atom. The van der Waals surface area contributed by atoms with Gasteiger partial charge in [0, 0.05) is 12.1 Å². The molecule has 2 rings (SSSR count). The molecule has 20 heavy (non-hydrogen) atoms. The van der Waals surface area contributed by atoms with Crippen molar-refractivity contribution < 1.29 is 9.59 Å². The first-order valence-electron chi connectivity index (χ1n) is 6.99. The van der Waals surface area contributed by atoms with Gasteiger partial charge in [-0.25, -0.2) is 0 Å². The van der Waals surface area contributed by atoms with E-state index in [9.17, 15) is 9.59 Å². The van der Waals surface area contributed by atoms with Gasteiger partial charge in [0.25, 0.3) is 5.91 Å². The number of nitrogens with two attached hydrogens (primary N) is 1. The minimum absolute atomic E-state index is 0.0184. The van der Waals surface area contributed by atoms with Crippen molar-refractivity contribution in [3.63, 3.8) is 0 Å². The number of carbonyl (C=O) groups excluding carboxylic acids is 2. The lowest BCUT2D eigenvalue weighted by molar-refractivity contribution is -0.121. The Kier molecular flexibility index (Phi) is 4.74. The van der Waals surface area contributed by atoms with Gasteiger partial charge < -0.3 is 16.4 Å². The maximum Gasteiger partial charge on any atom is 0.251 e. The summed E-state index contributed by atoms with van der Waals surface area (Å²) in [7, 11) is 0. The molecule has 0 spiro atoms. The van der Waals surface area contributed by atoms with Gasteiger partial charge in [0.15, 0.2) is 0 Å². The molecule has 1 aromatic carbocycles. The highest BCUT2D eigenvalue weighted by atomic mass is 16.2. The third-order valence-corrected chi connectivity index (χ3v) is 3.80. The van der Waals surface area contributed by atoms with E-state index in [1.807, 2.05) is 6.07 Å². The summed E-state index contributed by atoms with van der Waals surface area (Å²) in [6.07, 6.45) is 4.02. The lowest BCUT2D eigenvalue weighted by Gasteiger charge is -2.28. The zero-order valence-corrected chi connectivity index (χ0v) is 11.5. The van der Waals surface area contributed by atoms with Crippen LogP contribution in [0.2, 0.25) is 0 Å². The lowest BCUT2D eigenvalue weighted by atomic mass is 9.98. The van der Waals surface area contributed by atoms with Gasteiger partial charge in [0.2, 0.25) is 5.91 Å². The molecule has 5 nitrogen and oxygen atoms in total. The molecule has 0 atom stereocenters. The van der Waals surface area contributed by atoms with E-state index >= 15 is 0 Å². The Bertz CT molecular complexity index is 467. The minimum atomic E-state index is -0.269. The first-order chi connectivity index (χ1) is 9.65. The van der Waals surface area contributed by atoms with Crippen molar-refractivity contribution in [3.05, 3.63) is 35.9 Å². The van der Waals surface area contributed by atoms with E-state index < -0.39 is 0 Å². The summed E-state index contributed by atoms with van der Waals surface area (Å²) in [4.78, 5) is 23.7. The molecular formula is C15H21N3O2. The fraction of sp³-hybridized carbons (Fsp3) is 0.467. The van der Waals surface area contributed by atoms with Crippen LogP contribution in [0.15, 0.2) is 30.3 Å². The Hall–Kier alpha value is -1.88. The normalized spacial score (nSPS) is 16.6. The van der Waals surface area contributed by atoms with E-state index in [-0.39, 0.29) is 23.9 Å². The number of nitrogens with one attached hydrogen (secondary N) is 2. The number of benzene rings is 1. The maximum absolute atomic E-state index is 11.9. The molecule has 5 heteroatoms. The molecule has 2 amide bonds. The largest absolute Gasteiger partial charge is 0.348 e. The summed E-state index contributed by atoms with van der Waals surface area (Å²) in [6.45, 7) is 0.431. The highest BCUT2D eigenvalue weighted by molar-refractivity contribution is 5.96. The second-order valence-electron chi connectivity index (χ2n) is 5.29. The Morgan fingerprint density at radius 2 is 1.80 bits per heavy atom. The Balaban J connectivity index is 1.82. The topological polar surface area (TPSA) is 84.2 Å². The monoisotopic (exact) mass is 275 g/mol. The van der Waals surface area contributed by atoms with Crippen molar-refractivity contribution in [2.75, 3.05) is 13.1 Å².